The Hall–Kier alpha value is -0.0800. The van der Waals surface area contributed by atoms with Crippen LogP contribution >= 0.6 is 0 Å². The van der Waals surface area contributed by atoms with Crippen LogP contribution in [0.25, 0.3) is 0 Å². The molecule has 2 nitrogen and oxygen atoms in total. The summed E-state index contributed by atoms with van der Waals surface area (Å²) in [6.07, 6.45) is 2.10. The average molecular weight is 101 g/mol. The van der Waals surface area contributed by atoms with E-state index in [2.05, 4.69) is 11.8 Å². The summed E-state index contributed by atoms with van der Waals surface area (Å²) in [5.41, 5.74) is 0. The molecule has 1 heterocycles. The number of ether oxygens (including phenoxy) is 2. The number of hydrogen-bond donors (Lipinski definition) is 0. The molecule has 0 aliphatic carbocycles. The van der Waals surface area contributed by atoms with Gasteiger partial charge in [-0.3, -0.25) is 0 Å². The van der Waals surface area contributed by atoms with Gasteiger partial charge in [0, 0.05) is 13.0 Å². The van der Waals surface area contributed by atoms with Gasteiger partial charge < -0.3 is 9.47 Å². The van der Waals surface area contributed by atoms with Crippen molar-refractivity contribution >= 4 is 0 Å². The van der Waals surface area contributed by atoms with Crippen molar-refractivity contribution in [2.75, 3.05) is 6.61 Å². The van der Waals surface area contributed by atoms with Crippen LogP contribution in [0.4, 0.5) is 0 Å². The summed E-state index contributed by atoms with van der Waals surface area (Å²) in [6.45, 7) is 0.834. The smallest absolute Gasteiger partial charge is 0.157 e. The Morgan fingerprint density at radius 1 is 1.71 bits per heavy atom. The van der Waals surface area contributed by atoms with Crippen molar-refractivity contribution in [2.24, 2.45) is 0 Å². The van der Waals surface area contributed by atoms with Gasteiger partial charge >= 0.3 is 0 Å². The van der Waals surface area contributed by atoms with Gasteiger partial charge in [0.1, 0.15) is 0 Å². The third-order valence-electron chi connectivity index (χ3n) is 1.07. The molecule has 1 unspecified atom stereocenters. The summed E-state index contributed by atoms with van der Waals surface area (Å²) in [6, 6.07) is 0. The predicted octanol–water partition coefficient (Wildman–Crippen LogP) is 0.931. The molecule has 1 rings (SSSR count). The van der Waals surface area contributed by atoms with Crippen molar-refractivity contribution in [1.29, 1.82) is 0 Å². The lowest BCUT2D eigenvalue weighted by Crippen LogP contribution is -2.04. The molecule has 0 aromatic rings. The molecule has 1 fully saturated rings. The predicted molar refractivity (Wildman–Crippen MR) is 25.4 cm³/mol. The number of rotatable bonds is 1. The average Bonchev–Trinajstić information content (AvgIpc) is 2.14. The molecule has 0 saturated carbocycles. The first kappa shape index (κ1) is 5.06. The zero-order valence-corrected chi connectivity index (χ0v) is 4.22. The van der Waals surface area contributed by atoms with Crippen molar-refractivity contribution in [2.45, 2.75) is 19.1 Å². The van der Waals surface area contributed by atoms with Crippen LogP contribution in [0.1, 0.15) is 12.8 Å². The molecule has 1 aliphatic rings. The monoisotopic (exact) mass is 101 g/mol. The zero-order valence-electron chi connectivity index (χ0n) is 4.22. The number of hydrogen-bond acceptors (Lipinski definition) is 2. The second-order valence-electron chi connectivity index (χ2n) is 1.61. The Morgan fingerprint density at radius 2 is 2.57 bits per heavy atom. The molecule has 1 atom stereocenters. The first-order valence-corrected chi connectivity index (χ1v) is 2.46. The molecule has 41 valence electrons. The van der Waals surface area contributed by atoms with E-state index in [1.165, 1.54) is 0 Å². The Bertz CT molecular complexity index is 48.0. The fraction of sp³-hybridized carbons (Fsp3) is 0.800. The molecule has 2 heteroatoms. The van der Waals surface area contributed by atoms with Crippen molar-refractivity contribution in [3.8, 4) is 0 Å². The van der Waals surface area contributed by atoms with Gasteiger partial charge in [0.15, 0.2) is 6.29 Å². The summed E-state index contributed by atoms with van der Waals surface area (Å²) in [5.74, 6) is 0. The van der Waals surface area contributed by atoms with Crippen LogP contribution in [0.2, 0.25) is 0 Å². The van der Waals surface area contributed by atoms with Crippen LogP contribution in [0, 0.1) is 7.11 Å². The third-order valence-corrected chi connectivity index (χ3v) is 1.07. The zero-order chi connectivity index (χ0) is 5.11. The van der Waals surface area contributed by atoms with Gasteiger partial charge in [-0.2, -0.15) is 0 Å². The van der Waals surface area contributed by atoms with E-state index in [4.69, 9.17) is 4.74 Å². The molecule has 1 aliphatic heterocycles. The maximum absolute atomic E-state index is 5.02. The summed E-state index contributed by atoms with van der Waals surface area (Å²) in [4.78, 5) is 0. The summed E-state index contributed by atoms with van der Waals surface area (Å²) in [5, 5.41) is 0. The van der Waals surface area contributed by atoms with Gasteiger partial charge in [0.25, 0.3) is 0 Å². The standard InChI is InChI=1S/C5H9O2/c1-6-5-3-2-4-7-5/h5H,1-4H2. The Balaban J connectivity index is 2.14. The van der Waals surface area contributed by atoms with Gasteiger partial charge in [-0.1, -0.05) is 0 Å². The molecule has 0 spiro atoms. The van der Waals surface area contributed by atoms with Crippen LogP contribution in [-0.4, -0.2) is 12.9 Å². The largest absolute Gasteiger partial charge is 0.353 e. The van der Waals surface area contributed by atoms with E-state index in [-0.39, 0.29) is 6.29 Å². The van der Waals surface area contributed by atoms with Gasteiger partial charge in [-0.25, -0.2) is 0 Å². The summed E-state index contributed by atoms with van der Waals surface area (Å²) in [7, 11) is 3.24. The first-order chi connectivity index (χ1) is 3.43. The van der Waals surface area contributed by atoms with E-state index in [1.54, 1.807) is 0 Å². The molecule has 0 amide bonds. The van der Waals surface area contributed by atoms with Crippen LogP contribution in [0.15, 0.2) is 0 Å². The van der Waals surface area contributed by atoms with Crippen molar-refractivity contribution in [3.05, 3.63) is 7.11 Å². The fourth-order valence-electron chi connectivity index (χ4n) is 0.680. The lowest BCUT2D eigenvalue weighted by Gasteiger charge is -2.02. The minimum absolute atomic E-state index is 0.0139. The highest BCUT2D eigenvalue weighted by Gasteiger charge is 2.12. The molecule has 1 saturated heterocycles. The van der Waals surface area contributed by atoms with E-state index in [0.29, 0.717) is 0 Å². The maximum Gasteiger partial charge on any atom is 0.157 e. The lowest BCUT2D eigenvalue weighted by molar-refractivity contribution is -0.0714. The Labute approximate surface area is 43.4 Å². The molecular formula is C5H9O2. The van der Waals surface area contributed by atoms with Crippen LogP contribution in [0.5, 0.6) is 0 Å². The molecular weight excluding hydrogens is 92.1 g/mol. The lowest BCUT2D eigenvalue weighted by atomic mass is 10.4. The second-order valence-corrected chi connectivity index (χ2v) is 1.61. The Kier molecular flexibility index (Phi) is 1.65. The summed E-state index contributed by atoms with van der Waals surface area (Å²) < 4.78 is 9.66. The molecule has 0 bridgehead atoms. The van der Waals surface area contributed by atoms with Crippen molar-refractivity contribution in [3.63, 3.8) is 0 Å². The SMILES string of the molecule is [CH2]OC1CCCO1. The summed E-state index contributed by atoms with van der Waals surface area (Å²) >= 11 is 0. The van der Waals surface area contributed by atoms with Gasteiger partial charge in [-0.05, 0) is 6.42 Å². The Morgan fingerprint density at radius 3 is 2.86 bits per heavy atom. The minimum Gasteiger partial charge on any atom is -0.353 e. The van der Waals surface area contributed by atoms with E-state index >= 15 is 0 Å². The van der Waals surface area contributed by atoms with Gasteiger partial charge in [0.2, 0.25) is 0 Å². The highest BCUT2D eigenvalue weighted by molar-refractivity contribution is 4.52. The van der Waals surface area contributed by atoms with E-state index < -0.39 is 0 Å². The van der Waals surface area contributed by atoms with Gasteiger partial charge in [-0.15, -0.1) is 0 Å². The highest BCUT2D eigenvalue weighted by Crippen LogP contribution is 2.11. The second kappa shape index (κ2) is 2.28. The maximum atomic E-state index is 5.02. The van der Waals surface area contributed by atoms with Crippen LogP contribution in [-0.2, 0) is 9.47 Å². The normalized spacial score (nSPS) is 31.3. The molecule has 0 aromatic carbocycles. The molecule has 0 N–H and O–H groups in total. The fourth-order valence-corrected chi connectivity index (χ4v) is 0.680. The third kappa shape index (κ3) is 1.14. The van der Waals surface area contributed by atoms with E-state index in [0.717, 1.165) is 19.4 Å². The van der Waals surface area contributed by atoms with Crippen molar-refractivity contribution in [1.82, 2.24) is 0 Å². The first-order valence-electron chi connectivity index (χ1n) is 2.46. The van der Waals surface area contributed by atoms with E-state index in [9.17, 15) is 0 Å². The minimum atomic E-state index is -0.0139. The quantitative estimate of drug-likeness (QED) is 0.489. The topological polar surface area (TPSA) is 18.5 Å². The van der Waals surface area contributed by atoms with Crippen LogP contribution in [0.3, 0.4) is 0 Å². The molecule has 7 heavy (non-hydrogen) atoms. The van der Waals surface area contributed by atoms with Crippen LogP contribution < -0.4 is 0 Å². The highest BCUT2D eigenvalue weighted by atomic mass is 16.7. The van der Waals surface area contributed by atoms with Crippen molar-refractivity contribution < 1.29 is 9.47 Å². The van der Waals surface area contributed by atoms with Gasteiger partial charge in [0.05, 0.1) is 7.11 Å². The van der Waals surface area contributed by atoms with E-state index in [1.807, 2.05) is 0 Å². The molecule has 1 radical (unpaired) electrons. The molecule has 0 aromatic heterocycles.